The second-order valence-corrected chi connectivity index (χ2v) is 6.15. The Bertz CT molecular complexity index is 602. The summed E-state index contributed by atoms with van der Waals surface area (Å²) in [5.74, 6) is 0.731. The SMILES string of the molecule is O=C1Cc2cc(N3CCN(C(=O)C4CC4)CC3)ccc2N1. The summed E-state index contributed by atoms with van der Waals surface area (Å²) in [6.07, 6.45) is 2.62. The Balaban J connectivity index is 1.43. The summed E-state index contributed by atoms with van der Waals surface area (Å²) in [7, 11) is 0. The smallest absolute Gasteiger partial charge is 0.228 e. The number of amides is 2. The van der Waals surface area contributed by atoms with Crippen molar-refractivity contribution in [1.82, 2.24) is 4.90 Å². The van der Waals surface area contributed by atoms with Gasteiger partial charge < -0.3 is 15.1 Å². The van der Waals surface area contributed by atoms with Gasteiger partial charge in [0.1, 0.15) is 0 Å². The van der Waals surface area contributed by atoms with Gasteiger partial charge in [-0.15, -0.1) is 0 Å². The van der Waals surface area contributed by atoms with Gasteiger partial charge in [0.2, 0.25) is 11.8 Å². The van der Waals surface area contributed by atoms with Crippen molar-refractivity contribution in [2.24, 2.45) is 5.92 Å². The molecule has 2 amide bonds. The monoisotopic (exact) mass is 285 g/mol. The van der Waals surface area contributed by atoms with E-state index in [2.05, 4.69) is 22.3 Å². The van der Waals surface area contributed by atoms with Gasteiger partial charge in [-0.2, -0.15) is 0 Å². The molecule has 1 aromatic rings. The molecule has 0 aromatic heterocycles. The Kier molecular flexibility index (Phi) is 2.87. The van der Waals surface area contributed by atoms with Crippen LogP contribution in [0.1, 0.15) is 18.4 Å². The Labute approximate surface area is 123 Å². The molecule has 21 heavy (non-hydrogen) atoms. The lowest BCUT2D eigenvalue weighted by Gasteiger charge is -2.36. The number of hydrogen-bond donors (Lipinski definition) is 1. The van der Waals surface area contributed by atoms with Crippen LogP contribution in [0.3, 0.4) is 0 Å². The first-order chi connectivity index (χ1) is 10.2. The van der Waals surface area contributed by atoms with Gasteiger partial charge in [-0.25, -0.2) is 0 Å². The van der Waals surface area contributed by atoms with Crippen LogP contribution in [0, 0.1) is 5.92 Å². The van der Waals surface area contributed by atoms with Crippen LogP contribution >= 0.6 is 0 Å². The Hall–Kier alpha value is -2.04. The summed E-state index contributed by atoms with van der Waals surface area (Å²) in [5, 5.41) is 2.86. The van der Waals surface area contributed by atoms with Crippen molar-refractivity contribution >= 4 is 23.2 Å². The standard InChI is InChI=1S/C16H19N3O2/c20-15-10-12-9-13(3-4-14(12)17-15)18-5-7-19(8-6-18)16(21)11-1-2-11/h3-4,9,11H,1-2,5-8,10H2,(H,17,20). The quantitative estimate of drug-likeness (QED) is 0.889. The number of piperazine rings is 1. The first kappa shape index (κ1) is 12.7. The molecule has 4 rings (SSSR count). The Morgan fingerprint density at radius 3 is 2.62 bits per heavy atom. The minimum absolute atomic E-state index is 0.0713. The fourth-order valence-corrected chi connectivity index (χ4v) is 3.19. The van der Waals surface area contributed by atoms with E-state index in [1.165, 1.54) is 0 Å². The van der Waals surface area contributed by atoms with Crippen molar-refractivity contribution in [2.75, 3.05) is 36.4 Å². The minimum Gasteiger partial charge on any atom is -0.368 e. The summed E-state index contributed by atoms with van der Waals surface area (Å²) in [4.78, 5) is 27.8. The van der Waals surface area contributed by atoms with Crippen LogP contribution in [-0.4, -0.2) is 42.9 Å². The lowest BCUT2D eigenvalue weighted by atomic mass is 10.1. The number of rotatable bonds is 2. The van der Waals surface area contributed by atoms with E-state index in [0.717, 1.165) is 56.0 Å². The average Bonchev–Trinajstić information content (AvgIpc) is 3.27. The van der Waals surface area contributed by atoms with Crippen LogP contribution in [0.5, 0.6) is 0 Å². The molecule has 1 saturated heterocycles. The van der Waals surface area contributed by atoms with Gasteiger partial charge in [-0.3, -0.25) is 9.59 Å². The van der Waals surface area contributed by atoms with Crippen LogP contribution in [0.2, 0.25) is 0 Å². The molecule has 0 radical (unpaired) electrons. The largest absolute Gasteiger partial charge is 0.368 e. The zero-order chi connectivity index (χ0) is 14.4. The van der Waals surface area contributed by atoms with Crippen molar-refractivity contribution in [3.05, 3.63) is 23.8 Å². The third kappa shape index (κ3) is 2.37. The second-order valence-electron chi connectivity index (χ2n) is 6.15. The van der Waals surface area contributed by atoms with Crippen LogP contribution in [0.4, 0.5) is 11.4 Å². The molecule has 0 bridgehead atoms. The van der Waals surface area contributed by atoms with Crippen LogP contribution in [-0.2, 0) is 16.0 Å². The maximum absolute atomic E-state index is 12.1. The van der Waals surface area contributed by atoms with E-state index in [4.69, 9.17) is 0 Å². The molecule has 0 unspecified atom stereocenters. The number of anilines is 2. The van der Waals surface area contributed by atoms with Crippen LogP contribution < -0.4 is 10.2 Å². The number of nitrogens with one attached hydrogen (secondary N) is 1. The second kappa shape index (κ2) is 4.76. The van der Waals surface area contributed by atoms with Gasteiger partial charge in [-0.05, 0) is 36.6 Å². The van der Waals surface area contributed by atoms with E-state index >= 15 is 0 Å². The van der Waals surface area contributed by atoms with E-state index in [0.29, 0.717) is 18.2 Å². The molecule has 1 aromatic carbocycles. The van der Waals surface area contributed by atoms with Crippen molar-refractivity contribution < 1.29 is 9.59 Å². The molecule has 2 aliphatic heterocycles. The molecule has 3 aliphatic rings. The van der Waals surface area contributed by atoms with E-state index < -0.39 is 0 Å². The number of benzene rings is 1. The van der Waals surface area contributed by atoms with Crippen molar-refractivity contribution in [3.63, 3.8) is 0 Å². The van der Waals surface area contributed by atoms with Gasteiger partial charge in [0.15, 0.2) is 0 Å². The number of carbonyl (C=O) groups is 2. The molecule has 2 heterocycles. The van der Waals surface area contributed by atoms with Gasteiger partial charge in [0.05, 0.1) is 6.42 Å². The van der Waals surface area contributed by atoms with Crippen molar-refractivity contribution in [2.45, 2.75) is 19.3 Å². The Morgan fingerprint density at radius 2 is 1.90 bits per heavy atom. The predicted octanol–water partition coefficient (Wildman–Crippen LogP) is 1.24. The first-order valence-electron chi connectivity index (χ1n) is 7.67. The molecule has 1 N–H and O–H groups in total. The fraction of sp³-hybridized carbons (Fsp3) is 0.500. The maximum atomic E-state index is 12.1. The molecular weight excluding hydrogens is 266 g/mol. The Morgan fingerprint density at radius 1 is 1.14 bits per heavy atom. The molecular formula is C16H19N3O2. The molecule has 0 atom stereocenters. The van der Waals surface area contributed by atoms with E-state index in [1.54, 1.807) is 0 Å². The van der Waals surface area contributed by atoms with Crippen molar-refractivity contribution in [3.8, 4) is 0 Å². The summed E-state index contributed by atoms with van der Waals surface area (Å²) in [6.45, 7) is 3.37. The van der Waals surface area contributed by atoms with Crippen molar-refractivity contribution in [1.29, 1.82) is 0 Å². The highest BCUT2D eigenvalue weighted by molar-refractivity contribution is 5.99. The van der Waals surface area contributed by atoms with E-state index in [9.17, 15) is 9.59 Å². The average molecular weight is 285 g/mol. The highest BCUT2D eigenvalue weighted by atomic mass is 16.2. The van der Waals surface area contributed by atoms with E-state index in [1.807, 2.05) is 11.0 Å². The van der Waals surface area contributed by atoms with Gasteiger partial charge in [0.25, 0.3) is 0 Å². The van der Waals surface area contributed by atoms with Crippen LogP contribution in [0.25, 0.3) is 0 Å². The van der Waals surface area contributed by atoms with E-state index in [-0.39, 0.29) is 5.91 Å². The third-order valence-electron chi connectivity index (χ3n) is 4.60. The normalized spacial score (nSPS) is 21.2. The number of fused-ring (bicyclic) bond motifs is 1. The molecule has 1 aliphatic carbocycles. The van der Waals surface area contributed by atoms with Gasteiger partial charge in [-0.1, -0.05) is 0 Å². The molecule has 110 valence electrons. The zero-order valence-electron chi connectivity index (χ0n) is 12.0. The molecule has 1 saturated carbocycles. The highest BCUT2D eigenvalue weighted by Gasteiger charge is 2.34. The lowest BCUT2D eigenvalue weighted by Crippen LogP contribution is -2.49. The van der Waals surface area contributed by atoms with Gasteiger partial charge in [0, 0.05) is 43.5 Å². The predicted molar refractivity (Wildman–Crippen MR) is 80.3 cm³/mol. The third-order valence-corrected chi connectivity index (χ3v) is 4.60. The molecule has 2 fully saturated rings. The summed E-state index contributed by atoms with van der Waals surface area (Å²) < 4.78 is 0. The topological polar surface area (TPSA) is 52.7 Å². The number of nitrogens with zero attached hydrogens (tertiary/aromatic N) is 2. The minimum atomic E-state index is 0.0713. The lowest BCUT2D eigenvalue weighted by molar-refractivity contribution is -0.132. The van der Waals surface area contributed by atoms with Gasteiger partial charge >= 0.3 is 0 Å². The fourth-order valence-electron chi connectivity index (χ4n) is 3.19. The molecule has 5 nitrogen and oxygen atoms in total. The number of hydrogen-bond acceptors (Lipinski definition) is 3. The number of carbonyl (C=O) groups excluding carboxylic acids is 2. The zero-order valence-corrected chi connectivity index (χ0v) is 12.0. The summed E-state index contributed by atoms with van der Waals surface area (Å²) >= 11 is 0. The van der Waals surface area contributed by atoms with Crippen LogP contribution in [0.15, 0.2) is 18.2 Å². The summed E-state index contributed by atoms with van der Waals surface area (Å²) in [5.41, 5.74) is 3.17. The highest BCUT2D eigenvalue weighted by Crippen LogP contribution is 2.32. The maximum Gasteiger partial charge on any atom is 0.228 e. The first-order valence-corrected chi connectivity index (χ1v) is 7.67. The summed E-state index contributed by atoms with van der Waals surface area (Å²) in [6, 6.07) is 6.14. The molecule has 0 spiro atoms. The molecule has 5 heteroatoms.